The van der Waals surface area contributed by atoms with Crippen molar-refractivity contribution in [2.24, 2.45) is 0 Å². The van der Waals surface area contributed by atoms with Crippen molar-refractivity contribution in [1.29, 1.82) is 0 Å². The van der Waals surface area contributed by atoms with Gasteiger partial charge in [-0.05, 0) is 43.2 Å². The molecule has 0 fully saturated rings. The van der Waals surface area contributed by atoms with Crippen LogP contribution in [0.2, 0.25) is 0 Å². The fraction of sp³-hybridized carbons (Fsp3) is 0.350. The molecule has 0 radical (unpaired) electrons. The molecule has 0 bridgehead atoms. The van der Waals surface area contributed by atoms with Crippen molar-refractivity contribution < 1.29 is 22.3 Å². The lowest BCUT2D eigenvalue weighted by Gasteiger charge is -2.27. The summed E-state index contributed by atoms with van der Waals surface area (Å²) in [4.78, 5) is 12.3. The molecule has 0 aliphatic carbocycles. The predicted molar refractivity (Wildman–Crippen MR) is 111 cm³/mol. The average Bonchev–Trinajstić information content (AvgIpc) is 2.67. The summed E-state index contributed by atoms with van der Waals surface area (Å²) in [5.41, 5.74) is 1.92. The first-order chi connectivity index (χ1) is 13.6. The largest absolute Gasteiger partial charge is 0.491 e. The minimum Gasteiger partial charge on any atom is -0.491 e. The lowest BCUT2D eigenvalue weighted by atomic mass is 10.1. The van der Waals surface area contributed by atoms with Gasteiger partial charge in [0.15, 0.2) is 0 Å². The molecule has 0 atom stereocenters. The number of aryl methyl sites for hydroxylation is 1. The van der Waals surface area contributed by atoms with Crippen molar-refractivity contribution in [2.75, 3.05) is 38.1 Å². The summed E-state index contributed by atoms with van der Waals surface area (Å²) < 4.78 is 46.7. The van der Waals surface area contributed by atoms with Crippen LogP contribution >= 0.6 is 0 Å². The van der Waals surface area contributed by atoms with Gasteiger partial charge in [-0.2, -0.15) is 12.7 Å². The molecule has 0 heterocycles. The quantitative estimate of drug-likeness (QED) is 0.628. The normalized spacial score (nSPS) is 11.4. The van der Waals surface area contributed by atoms with E-state index in [-0.39, 0.29) is 18.8 Å². The summed E-state index contributed by atoms with van der Waals surface area (Å²) in [5, 5.41) is 2.61. The van der Waals surface area contributed by atoms with E-state index in [1.54, 1.807) is 0 Å². The van der Waals surface area contributed by atoms with Crippen LogP contribution < -0.4 is 14.4 Å². The Morgan fingerprint density at radius 2 is 1.79 bits per heavy atom. The number of amides is 1. The maximum absolute atomic E-state index is 14.2. The Balaban J connectivity index is 2.01. The van der Waals surface area contributed by atoms with Crippen LogP contribution in [-0.2, 0) is 15.0 Å². The number of hydrogen-bond donors (Lipinski definition) is 1. The van der Waals surface area contributed by atoms with E-state index in [1.807, 2.05) is 32.0 Å². The van der Waals surface area contributed by atoms with E-state index in [2.05, 4.69) is 5.32 Å². The summed E-state index contributed by atoms with van der Waals surface area (Å²) in [6, 6.07) is 11.1. The van der Waals surface area contributed by atoms with E-state index < -0.39 is 28.5 Å². The van der Waals surface area contributed by atoms with Gasteiger partial charge in [0.2, 0.25) is 5.91 Å². The maximum Gasteiger partial charge on any atom is 0.304 e. The molecule has 1 amide bonds. The van der Waals surface area contributed by atoms with Crippen LogP contribution in [0.25, 0.3) is 0 Å². The second-order valence-corrected chi connectivity index (χ2v) is 8.71. The van der Waals surface area contributed by atoms with Crippen LogP contribution in [0.5, 0.6) is 5.75 Å². The second kappa shape index (κ2) is 9.71. The third-order valence-corrected chi connectivity index (χ3v) is 6.19. The predicted octanol–water partition coefficient (Wildman–Crippen LogP) is 2.25. The lowest BCUT2D eigenvalue weighted by Crippen LogP contribution is -2.46. The zero-order chi connectivity index (χ0) is 21.6. The van der Waals surface area contributed by atoms with E-state index >= 15 is 0 Å². The molecule has 0 spiro atoms. The highest BCUT2D eigenvalue weighted by atomic mass is 32.2. The van der Waals surface area contributed by atoms with Gasteiger partial charge in [0.1, 0.15) is 24.7 Å². The molecule has 29 heavy (non-hydrogen) atoms. The van der Waals surface area contributed by atoms with E-state index in [0.717, 1.165) is 31.6 Å². The monoisotopic (exact) mass is 423 g/mol. The van der Waals surface area contributed by atoms with Crippen LogP contribution in [-0.4, -0.2) is 52.4 Å². The van der Waals surface area contributed by atoms with E-state index in [1.165, 1.54) is 32.3 Å². The molecule has 2 aromatic carbocycles. The number of benzene rings is 2. The molecule has 1 N–H and O–H groups in total. The molecule has 9 heteroatoms. The lowest BCUT2D eigenvalue weighted by molar-refractivity contribution is -0.119. The van der Waals surface area contributed by atoms with Crippen molar-refractivity contribution in [1.82, 2.24) is 9.62 Å². The van der Waals surface area contributed by atoms with Gasteiger partial charge in [-0.15, -0.1) is 0 Å². The minimum atomic E-state index is -4.06. The van der Waals surface area contributed by atoms with Gasteiger partial charge in [0, 0.05) is 14.1 Å². The number of nitrogens with zero attached hydrogens (tertiary/aromatic N) is 2. The molecule has 2 rings (SSSR count). The maximum atomic E-state index is 14.2. The summed E-state index contributed by atoms with van der Waals surface area (Å²) in [6.45, 7) is 3.77. The van der Waals surface area contributed by atoms with Crippen LogP contribution in [0, 0.1) is 19.7 Å². The number of rotatable bonds is 9. The first-order valence-corrected chi connectivity index (χ1v) is 10.4. The smallest absolute Gasteiger partial charge is 0.304 e. The zero-order valence-corrected chi connectivity index (χ0v) is 17.8. The number of hydrogen-bond acceptors (Lipinski definition) is 4. The number of anilines is 1. The standard InChI is InChI=1S/C20H26FN3O4S/c1-15-8-7-11-19(16(15)2)28-13-12-22-20(25)14-24(29(26,27)23(3)4)18-10-6-5-9-17(18)21/h5-11H,12-14H2,1-4H3,(H,22,25). The Kier molecular flexibility index (Phi) is 7.58. The number of nitrogens with one attached hydrogen (secondary N) is 1. The first-order valence-electron chi connectivity index (χ1n) is 9.05. The molecule has 0 aliphatic rings. The highest BCUT2D eigenvalue weighted by molar-refractivity contribution is 7.90. The Labute approximate surface area is 171 Å². The van der Waals surface area contributed by atoms with Gasteiger partial charge in [-0.25, -0.2) is 8.70 Å². The molecule has 158 valence electrons. The number of halogens is 1. The highest BCUT2D eigenvalue weighted by Crippen LogP contribution is 2.23. The van der Waals surface area contributed by atoms with E-state index in [9.17, 15) is 17.6 Å². The van der Waals surface area contributed by atoms with Crippen molar-refractivity contribution in [2.45, 2.75) is 13.8 Å². The Morgan fingerprint density at radius 1 is 1.10 bits per heavy atom. The van der Waals surface area contributed by atoms with Crippen LogP contribution in [0.1, 0.15) is 11.1 Å². The van der Waals surface area contributed by atoms with Crippen molar-refractivity contribution >= 4 is 21.8 Å². The van der Waals surface area contributed by atoms with Gasteiger partial charge in [-0.1, -0.05) is 24.3 Å². The van der Waals surface area contributed by atoms with Gasteiger partial charge in [0.25, 0.3) is 0 Å². The molecule has 0 unspecified atom stereocenters. The second-order valence-electron chi connectivity index (χ2n) is 6.64. The number of para-hydroxylation sites is 1. The summed E-state index contributed by atoms with van der Waals surface area (Å²) in [6.07, 6.45) is 0. The van der Waals surface area contributed by atoms with Crippen LogP contribution in [0.15, 0.2) is 42.5 Å². The van der Waals surface area contributed by atoms with Crippen LogP contribution in [0.3, 0.4) is 0 Å². The van der Waals surface area contributed by atoms with Crippen LogP contribution in [0.4, 0.5) is 10.1 Å². The molecular weight excluding hydrogens is 397 g/mol. The topological polar surface area (TPSA) is 79.0 Å². The van der Waals surface area contributed by atoms with Gasteiger partial charge in [-0.3, -0.25) is 4.79 Å². The van der Waals surface area contributed by atoms with Crippen molar-refractivity contribution in [3.63, 3.8) is 0 Å². The van der Waals surface area contributed by atoms with E-state index in [0.29, 0.717) is 0 Å². The molecule has 2 aromatic rings. The summed E-state index contributed by atoms with van der Waals surface area (Å²) in [5.74, 6) is -0.574. The third-order valence-electron chi connectivity index (χ3n) is 4.39. The Hall–Kier alpha value is -2.65. The number of carbonyl (C=O) groups excluding carboxylic acids is 1. The fourth-order valence-electron chi connectivity index (χ4n) is 2.56. The number of carbonyl (C=O) groups is 1. The van der Waals surface area contributed by atoms with Crippen molar-refractivity contribution in [3.05, 3.63) is 59.4 Å². The van der Waals surface area contributed by atoms with Gasteiger partial charge >= 0.3 is 10.2 Å². The van der Waals surface area contributed by atoms with Gasteiger partial charge < -0.3 is 10.1 Å². The summed E-state index contributed by atoms with van der Waals surface area (Å²) >= 11 is 0. The Morgan fingerprint density at radius 3 is 2.45 bits per heavy atom. The molecular formula is C20H26FN3O4S. The molecule has 0 saturated heterocycles. The zero-order valence-electron chi connectivity index (χ0n) is 17.0. The Bertz CT molecular complexity index is 964. The molecule has 0 saturated carbocycles. The SMILES string of the molecule is Cc1cccc(OCCNC(=O)CN(c2ccccc2F)S(=O)(=O)N(C)C)c1C. The first kappa shape index (κ1) is 22.6. The molecule has 0 aliphatic heterocycles. The molecule has 0 aromatic heterocycles. The average molecular weight is 424 g/mol. The number of ether oxygens (including phenoxy) is 1. The minimum absolute atomic E-state index is 0.180. The highest BCUT2D eigenvalue weighted by Gasteiger charge is 2.29. The fourth-order valence-corrected chi connectivity index (χ4v) is 3.63. The van der Waals surface area contributed by atoms with Gasteiger partial charge in [0.05, 0.1) is 12.2 Å². The van der Waals surface area contributed by atoms with E-state index in [4.69, 9.17) is 4.74 Å². The third kappa shape index (κ3) is 5.68. The molecule has 7 nitrogen and oxygen atoms in total. The summed E-state index contributed by atoms with van der Waals surface area (Å²) in [7, 11) is -1.42. The van der Waals surface area contributed by atoms with Crippen molar-refractivity contribution in [3.8, 4) is 5.75 Å².